The second-order valence-corrected chi connectivity index (χ2v) is 7.83. The van der Waals surface area contributed by atoms with Gasteiger partial charge in [0, 0.05) is 25.4 Å². The van der Waals surface area contributed by atoms with Crippen molar-refractivity contribution < 1.29 is 9.59 Å². The molecule has 0 aliphatic heterocycles. The zero-order chi connectivity index (χ0) is 17.6. The van der Waals surface area contributed by atoms with Crippen LogP contribution in [-0.4, -0.2) is 24.4 Å². The first kappa shape index (κ1) is 20.9. The summed E-state index contributed by atoms with van der Waals surface area (Å²) in [7, 11) is 0. The average molecular weight is 312 g/mol. The van der Waals surface area contributed by atoms with Crippen LogP contribution in [0.1, 0.15) is 74.7 Å². The summed E-state index contributed by atoms with van der Waals surface area (Å²) < 4.78 is 0. The van der Waals surface area contributed by atoms with E-state index in [2.05, 4.69) is 31.4 Å². The molecule has 4 heteroatoms. The van der Waals surface area contributed by atoms with Gasteiger partial charge in [0.2, 0.25) is 11.8 Å². The van der Waals surface area contributed by atoms with E-state index in [1.807, 2.05) is 27.7 Å². The summed E-state index contributed by atoms with van der Waals surface area (Å²) in [6, 6.07) is 0.206. The number of hydrogen-bond donors (Lipinski definition) is 2. The normalized spacial score (nSPS) is 26.7. The predicted octanol–water partition coefficient (Wildman–Crippen LogP) is 3.51. The largest absolute Gasteiger partial charge is 0.355 e. The summed E-state index contributed by atoms with van der Waals surface area (Å²) in [6.07, 6.45) is 2.99. The molecule has 0 aromatic carbocycles. The molecular weight excluding hydrogens is 276 g/mol. The van der Waals surface area contributed by atoms with Crippen LogP contribution in [0.3, 0.4) is 0 Å². The first-order chi connectivity index (χ1) is 10.0. The van der Waals surface area contributed by atoms with E-state index in [4.69, 9.17) is 0 Å². The molecule has 1 aliphatic carbocycles. The second kappa shape index (κ2) is 8.54. The third kappa shape index (κ3) is 7.28. The number of amides is 2. The van der Waals surface area contributed by atoms with Crippen molar-refractivity contribution >= 4 is 11.8 Å². The smallest absolute Gasteiger partial charge is 0.222 e. The fraction of sp³-hybridized carbons (Fsp3) is 0.889. The van der Waals surface area contributed by atoms with E-state index in [0.29, 0.717) is 6.54 Å². The lowest BCUT2D eigenvalue weighted by Gasteiger charge is -2.47. The average Bonchev–Trinajstić information content (AvgIpc) is 2.35. The van der Waals surface area contributed by atoms with Gasteiger partial charge >= 0.3 is 0 Å². The molecule has 1 rings (SSSR count). The standard InChI is InChI=1S/C16H30N2O2.C2H6/c1-11(2)14(20)17-10-16(6)8-13(18-12(3)19)7-15(4,5)9-16;1-2/h11,13H,7-10H2,1-6H3,(H,17,20)(H,18,19);1-2H3. The molecule has 0 heterocycles. The lowest BCUT2D eigenvalue weighted by atomic mass is 9.62. The Balaban J connectivity index is 0.00000211. The first-order valence-electron chi connectivity index (χ1n) is 8.58. The third-order valence-corrected chi connectivity index (χ3v) is 4.06. The summed E-state index contributed by atoms with van der Waals surface area (Å²) in [5.41, 5.74) is 0.224. The lowest BCUT2D eigenvalue weighted by molar-refractivity contribution is -0.125. The Bertz CT molecular complexity index is 377. The van der Waals surface area contributed by atoms with E-state index in [0.717, 1.165) is 19.3 Å². The Hall–Kier alpha value is -1.06. The molecule has 1 aliphatic rings. The van der Waals surface area contributed by atoms with Crippen LogP contribution in [0.4, 0.5) is 0 Å². The van der Waals surface area contributed by atoms with Gasteiger partial charge < -0.3 is 10.6 Å². The number of rotatable bonds is 4. The molecule has 0 radical (unpaired) electrons. The molecule has 0 saturated heterocycles. The van der Waals surface area contributed by atoms with Gasteiger partial charge in [-0.3, -0.25) is 9.59 Å². The molecule has 2 amide bonds. The van der Waals surface area contributed by atoms with Crippen LogP contribution < -0.4 is 10.6 Å². The van der Waals surface area contributed by atoms with Crippen LogP contribution in [-0.2, 0) is 9.59 Å². The summed E-state index contributed by atoms with van der Waals surface area (Å²) >= 11 is 0. The van der Waals surface area contributed by atoms with Gasteiger partial charge in [-0.25, -0.2) is 0 Å². The molecular formula is C18H36N2O2. The summed E-state index contributed by atoms with van der Waals surface area (Å²) in [5.74, 6) is 0.147. The van der Waals surface area contributed by atoms with Crippen molar-refractivity contribution in [2.24, 2.45) is 16.7 Å². The topological polar surface area (TPSA) is 58.2 Å². The van der Waals surface area contributed by atoms with Gasteiger partial charge in [0.1, 0.15) is 0 Å². The van der Waals surface area contributed by atoms with E-state index in [9.17, 15) is 9.59 Å². The molecule has 2 unspecified atom stereocenters. The molecule has 2 atom stereocenters. The van der Waals surface area contributed by atoms with Crippen LogP contribution in [0.25, 0.3) is 0 Å². The summed E-state index contributed by atoms with van der Waals surface area (Å²) in [4.78, 5) is 23.1. The minimum absolute atomic E-state index is 0.0151. The van der Waals surface area contributed by atoms with Gasteiger partial charge in [-0.2, -0.15) is 0 Å². The van der Waals surface area contributed by atoms with Crippen molar-refractivity contribution in [3.05, 3.63) is 0 Å². The zero-order valence-corrected chi connectivity index (χ0v) is 15.8. The summed E-state index contributed by atoms with van der Waals surface area (Å²) in [5, 5.41) is 6.10. The second-order valence-electron chi connectivity index (χ2n) is 7.83. The van der Waals surface area contributed by atoms with Crippen molar-refractivity contribution in [1.82, 2.24) is 10.6 Å². The highest BCUT2D eigenvalue weighted by Crippen LogP contribution is 2.45. The maximum atomic E-state index is 11.8. The Morgan fingerprint density at radius 3 is 2.14 bits per heavy atom. The Kier molecular flexibility index (Phi) is 8.13. The minimum Gasteiger partial charge on any atom is -0.355 e. The highest BCUT2D eigenvalue weighted by atomic mass is 16.2. The van der Waals surface area contributed by atoms with Crippen LogP contribution in [0.15, 0.2) is 0 Å². The predicted molar refractivity (Wildman–Crippen MR) is 92.5 cm³/mol. The number of carbonyl (C=O) groups excluding carboxylic acids is 2. The highest BCUT2D eigenvalue weighted by Gasteiger charge is 2.41. The van der Waals surface area contributed by atoms with Crippen molar-refractivity contribution in [2.75, 3.05) is 6.54 Å². The Morgan fingerprint density at radius 2 is 1.68 bits per heavy atom. The monoisotopic (exact) mass is 312 g/mol. The maximum Gasteiger partial charge on any atom is 0.222 e. The van der Waals surface area contributed by atoms with E-state index < -0.39 is 0 Å². The molecule has 4 nitrogen and oxygen atoms in total. The number of carbonyl (C=O) groups is 2. The third-order valence-electron chi connectivity index (χ3n) is 4.06. The van der Waals surface area contributed by atoms with Gasteiger partial charge in [0.05, 0.1) is 0 Å². The first-order valence-corrected chi connectivity index (χ1v) is 8.58. The fourth-order valence-corrected chi connectivity index (χ4v) is 3.66. The van der Waals surface area contributed by atoms with Gasteiger partial charge in [-0.05, 0) is 30.1 Å². The number of hydrogen-bond acceptors (Lipinski definition) is 2. The molecule has 22 heavy (non-hydrogen) atoms. The van der Waals surface area contributed by atoms with Gasteiger partial charge in [-0.15, -0.1) is 0 Å². The molecule has 1 fully saturated rings. The SMILES string of the molecule is CC.CC(=O)NC1CC(C)(C)CC(C)(CNC(=O)C(C)C)C1. The van der Waals surface area contributed by atoms with Crippen molar-refractivity contribution in [2.45, 2.75) is 80.7 Å². The number of nitrogens with one attached hydrogen (secondary N) is 2. The quantitative estimate of drug-likeness (QED) is 0.834. The molecule has 0 aromatic heterocycles. The molecule has 1 saturated carbocycles. The van der Waals surface area contributed by atoms with Crippen molar-refractivity contribution in [1.29, 1.82) is 0 Å². The highest BCUT2D eigenvalue weighted by molar-refractivity contribution is 5.77. The molecule has 0 aromatic rings. The van der Waals surface area contributed by atoms with Crippen LogP contribution >= 0.6 is 0 Å². The maximum absolute atomic E-state index is 11.8. The van der Waals surface area contributed by atoms with Crippen LogP contribution in [0.2, 0.25) is 0 Å². The zero-order valence-electron chi connectivity index (χ0n) is 15.8. The Labute approximate surface area is 136 Å². The van der Waals surface area contributed by atoms with E-state index in [1.54, 1.807) is 6.92 Å². The van der Waals surface area contributed by atoms with Crippen LogP contribution in [0.5, 0.6) is 0 Å². The fourth-order valence-electron chi connectivity index (χ4n) is 3.66. The molecule has 130 valence electrons. The lowest BCUT2D eigenvalue weighted by Crippen LogP contribution is -2.50. The van der Waals surface area contributed by atoms with Gasteiger partial charge in [-0.1, -0.05) is 48.5 Å². The minimum atomic E-state index is 0.0151. The van der Waals surface area contributed by atoms with Crippen molar-refractivity contribution in [3.8, 4) is 0 Å². The van der Waals surface area contributed by atoms with E-state index >= 15 is 0 Å². The van der Waals surface area contributed by atoms with Gasteiger partial charge in [0.15, 0.2) is 0 Å². The van der Waals surface area contributed by atoms with Crippen LogP contribution in [0, 0.1) is 16.7 Å². The Morgan fingerprint density at radius 1 is 1.14 bits per heavy atom. The van der Waals surface area contributed by atoms with E-state index in [1.165, 1.54) is 0 Å². The molecule has 0 spiro atoms. The van der Waals surface area contributed by atoms with Gasteiger partial charge in [0.25, 0.3) is 0 Å². The van der Waals surface area contributed by atoms with Crippen molar-refractivity contribution in [3.63, 3.8) is 0 Å². The molecule has 0 bridgehead atoms. The summed E-state index contributed by atoms with van der Waals surface area (Å²) in [6.45, 7) is 16.8. The molecule has 2 N–H and O–H groups in total. The van der Waals surface area contributed by atoms with E-state index in [-0.39, 0.29) is 34.6 Å².